The summed E-state index contributed by atoms with van der Waals surface area (Å²) >= 11 is 5.84. The second kappa shape index (κ2) is 6.30. The van der Waals surface area contributed by atoms with Crippen molar-refractivity contribution in [1.29, 1.82) is 0 Å². The number of fused-ring (bicyclic) bond motifs is 1. The Morgan fingerprint density at radius 2 is 1.96 bits per heavy atom. The van der Waals surface area contributed by atoms with Gasteiger partial charge in [0.25, 0.3) is 0 Å². The van der Waals surface area contributed by atoms with Crippen LogP contribution < -0.4 is 15.0 Å². The minimum atomic E-state index is -0.314. The molecule has 1 aliphatic heterocycles. The van der Waals surface area contributed by atoms with Crippen molar-refractivity contribution in [2.24, 2.45) is 0 Å². The minimum absolute atomic E-state index is 0.00874. The van der Waals surface area contributed by atoms with Gasteiger partial charge in [0, 0.05) is 29.2 Å². The first-order chi connectivity index (χ1) is 11.1. The number of rotatable bonds is 2. The smallest absolute Gasteiger partial charge is 0.326 e. The summed E-state index contributed by atoms with van der Waals surface area (Å²) in [6.07, 6.45) is 0.286. The molecule has 0 atom stereocenters. The lowest BCUT2D eigenvalue weighted by atomic mass is 10.00. The van der Waals surface area contributed by atoms with E-state index in [1.54, 1.807) is 42.5 Å². The second-order valence-corrected chi connectivity index (χ2v) is 5.55. The van der Waals surface area contributed by atoms with Crippen LogP contribution >= 0.6 is 11.6 Å². The Balaban J connectivity index is 1.92. The van der Waals surface area contributed by atoms with Gasteiger partial charge in [-0.1, -0.05) is 17.7 Å². The summed E-state index contributed by atoms with van der Waals surface area (Å²) in [5.74, 6) is 0.510. The number of benzene rings is 2. The number of hydrogen-bond donors (Lipinski definition) is 1. The number of carbonyl (C=O) groups is 2. The molecule has 5 nitrogen and oxygen atoms in total. The maximum absolute atomic E-state index is 12.6. The Bertz CT molecular complexity index is 759. The molecule has 0 unspecified atom stereocenters. The van der Waals surface area contributed by atoms with E-state index in [0.717, 1.165) is 0 Å². The third-order valence-electron chi connectivity index (χ3n) is 3.69. The van der Waals surface area contributed by atoms with Crippen LogP contribution in [0.2, 0.25) is 5.02 Å². The van der Waals surface area contributed by atoms with Crippen LogP contribution in [0.15, 0.2) is 42.5 Å². The summed E-state index contributed by atoms with van der Waals surface area (Å²) in [4.78, 5) is 26.2. The zero-order valence-electron chi connectivity index (χ0n) is 12.5. The molecular formula is C17H15ClN2O3. The Kier molecular flexibility index (Phi) is 4.21. The van der Waals surface area contributed by atoms with E-state index in [0.29, 0.717) is 34.3 Å². The average Bonchev–Trinajstić information content (AvgIpc) is 2.57. The molecule has 0 aromatic heterocycles. The number of methoxy groups -OCH3 is 1. The van der Waals surface area contributed by atoms with Crippen LogP contribution in [0.1, 0.15) is 16.8 Å². The van der Waals surface area contributed by atoms with Crippen LogP contribution in [0.4, 0.5) is 16.2 Å². The van der Waals surface area contributed by atoms with E-state index in [4.69, 9.17) is 16.3 Å². The number of ether oxygens (including phenoxy) is 1. The topological polar surface area (TPSA) is 58.6 Å². The second-order valence-electron chi connectivity index (χ2n) is 5.12. The molecule has 0 aliphatic carbocycles. The van der Waals surface area contributed by atoms with Crippen molar-refractivity contribution in [2.75, 3.05) is 23.9 Å². The number of para-hydroxylation sites is 1. The fourth-order valence-electron chi connectivity index (χ4n) is 2.58. The highest BCUT2D eigenvalue weighted by Gasteiger charge is 2.30. The lowest BCUT2D eigenvalue weighted by Gasteiger charge is -2.30. The Labute approximate surface area is 138 Å². The van der Waals surface area contributed by atoms with Gasteiger partial charge in [0.05, 0.1) is 12.8 Å². The third kappa shape index (κ3) is 3.00. The standard InChI is InChI=1S/C17H15ClN2O3/c1-23-15-4-2-3-13-14(21)9-10-20(16(13)15)17(22)19-12-7-5-11(18)6-8-12/h2-8H,9-10H2,1H3,(H,19,22). The van der Waals surface area contributed by atoms with Crippen LogP contribution in [0, 0.1) is 0 Å². The van der Waals surface area contributed by atoms with Gasteiger partial charge in [0.1, 0.15) is 5.75 Å². The van der Waals surface area contributed by atoms with Crippen molar-refractivity contribution in [2.45, 2.75) is 6.42 Å². The van der Waals surface area contributed by atoms with Gasteiger partial charge in [-0.3, -0.25) is 9.69 Å². The molecule has 0 saturated carbocycles. The van der Waals surface area contributed by atoms with E-state index in [-0.39, 0.29) is 18.2 Å². The van der Waals surface area contributed by atoms with Gasteiger partial charge in [-0.05, 0) is 36.4 Å². The highest BCUT2D eigenvalue weighted by Crippen LogP contribution is 2.36. The van der Waals surface area contributed by atoms with Crippen molar-refractivity contribution in [3.05, 3.63) is 53.1 Å². The molecule has 6 heteroatoms. The monoisotopic (exact) mass is 330 g/mol. The number of Topliss-reactive ketones (excluding diaryl/α,β-unsaturated/α-hetero) is 1. The quantitative estimate of drug-likeness (QED) is 0.906. The number of carbonyl (C=O) groups excluding carboxylic acids is 2. The molecule has 0 bridgehead atoms. The molecule has 0 radical (unpaired) electrons. The van der Waals surface area contributed by atoms with Gasteiger partial charge in [-0.15, -0.1) is 0 Å². The summed E-state index contributed by atoms with van der Waals surface area (Å²) in [6, 6.07) is 11.7. The number of urea groups is 1. The maximum atomic E-state index is 12.6. The van der Waals surface area contributed by atoms with Crippen molar-refractivity contribution >= 4 is 34.8 Å². The van der Waals surface area contributed by atoms with Crippen molar-refractivity contribution in [3.63, 3.8) is 0 Å². The summed E-state index contributed by atoms with van der Waals surface area (Å²) in [5.41, 5.74) is 1.65. The van der Waals surface area contributed by atoms with Crippen molar-refractivity contribution < 1.29 is 14.3 Å². The van der Waals surface area contributed by atoms with Crippen LogP contribution in [-0.2, 0) is 0 Å². The molecular weight excluding hydrogens is 316 g/mol. The highest BCUT2D eigenvalue weighted by atomic mass is 35.5. The van der Waals surface area contributed by atoms with Gasteiger partial charge >= 0.3 is 6.03 Å². The molecule has 3 rings (SSSR count). The van der Waals surface area contributed by atoms with Gasteiger partial charge in [0.15, 0.2) is 5.78 Å². The third-order valence-corrected chi connectivity index (χ3v) is 3.94. The zero-order chi connectivity index (χ0) is 16.4. The number of amides is 2. The number of nitrogens with one attached hydrogen (secondary N) is 1. The molecule has 2 aromatic carbocycles. The van der Waals surface area contributed by atoms with Crippen LogP contribution in [0.3, 0.4) is 0 Å². The highest BCUT2D eigenvalue weighted by molar-refractivity contribution is 6.30. The fraction of sp³-hybridized carbons (Fsp3) is 0.176. The fourth-order valence-corrected chi connectivity index (χ4v) is 2.70. The predicted octanol–water partition coefficient (Wildman–Crippen LogP) is 3.97. The zero-order valence-corrected chi connectivity index (χ0v) is 13.3. The number of nitrogens with zero attached hydrogens (tertiary/aromatic N) is 1. The molecule has 1 heterocycles. The van der Waals surface area contributed by atoms with Crippen molar-refractivity contribution in [1.82, 2.24) is 0 Å². The lowest BCUT2D eigenvalue weighted by molar-refractivity contribution is 0.0980. The van der Waals surface area contributed by atoms with E-state index in [1.165, 1.54) is 12.0 Å². The molecule has 0 saturated heterocycles. The number of anilines is 2. The lowest BCUT2D eigenvalue weighted by Crippen LogP contribution is -2.40. The summed E-state index contributed by atoms with van der Waals surface area (Å²) < 4.78 is 5.32. The molecule has 1 aliphatic rings. The summed E-state index contributed by atoms with van der Waals surface area (Å²) in [6.45, 7) is 0.311. The Morgan fingerprint density at radius 3 is 2.65 bits per heavy atom. The molecule has 23 heavy (non-hydrogen) atoms. The van der Waals surface area contributed by atoms with Gasteiger partial charge in [-0.2, -0.15) is 0 Å². The maximum Gasteiger partial charge on any atom is 0.326 e. The normalized spacial score (nSPS) is 13.5. The van der Waals surface area contributed by atoms with Gasteiger partial charge in [-0.25, -0.2) is 4.79 Å². The van der Waals surface area contributed by atoms with E-state index < -0.39 is 0 Å². The Hall–Kier alpha value is -2.53. The summed E-state index contributed by atoms with van der Waals surface area (Å²) in [5, 5.41) is 3.40. The van der Waals surface area contributed by atoms with E-state index in [1.807, 2.05) is 0 Å². The molecule has 0 spiro atoms. The predicted molar refractivity (Wildman–Crippen MR) is 89.8 cm³/mol. The largest absolute Gasteiger partial charge is 0.495 e. The van der Waals surface area contributed by atoms with E-state index in [9.17, 15) is 9.59 Å². The number of halogens is 1. The van der Waals surface area contributed by atoms with Gasteiger partial charge < -0.3 is 10.1 Å². The van der Waals surface area contributed by atoms with Gasteiger partial charge in [0.2, 0.25) is 0 Å². The molecule has 1 N–H and O–H groups in total. The van der Waals surface area contributed by atoms with Crippen LogP contribution in [0.25, 0.3) is 0 Å². The number of ketones is 1. The average molecular weight is 331 g/mol. The SMILES string of the molecule is COc1cccc2c1N(C(=O)Nc1ccc(Cl)cc1)CCC2=O. The minimum Gasteiger partial charge on any atom is -0.495 e. The van der Waals surface area contributed by atoms with E-state index >= 15 is 0 Å². The first kappa shape index (κ1) is 15.4. The first-order valence-electron chi connectivity index (χ1n) is 7.14. The molecule has 118 valence electrons. The van der Waals surface area contributed by atoms with Crippen LogP contribution in [-0.4, -0.2) is 25.5 Å². The molecule has 0 fully saturated rings. The van der Waals surface area contributed by atoms with E-state index in [2.05, 4.69) is 5.32 Å². The molecule has 2 aromatic rings. The van der Waals surface area contributed by atoms with Crippen molar-refractivity contribution in [3.8, 4) is 5.75 Å². The molecule has 2 amide bonds. The Morgan fingerprint density at radius 1 is 1.22 bits per heavy atom. The number of hydrogen-bond acceptors (Lipinski definition) is 3. The van der Waals surface area contributed by atoms with Crippen LogP contribution in [0.5, 0.6) is 5.75 Å². The summed E-state index contributed by atoms with van der Waals surface area (Å²) in [7, 11) is 1.52. The first-order valence-corrected chi connectivity index (χ1v) is 7.52.